The Balaban J connectivity index is 2.48. The molecule has 0 unspecified atom stereocenters. The average molecular weight is 334 g/mol. The molecule has 0 bridgehead atoms. The summed E-state index contributed by atoms with van der Waals surface area (Å²) in [7, 11) is 0. The van der Waals surface area contributed by atoms with Crippen LogP contribution in [0.3, 0.4) is 0 Å². The third-order valence-corrected chi connectivity index (χ3v) is 3.10. The summed E-state index contributed by atoms with van der Waals surface area (Å²) >= 11 is 0. The molecule has 0 aliphatic rings. The molecule has 2 N–H and O–H groups in total. The van der Waals surface area contributed by atoms with Gasteiger partial charge in [-0.3, -0.25) is 0 Å². The van der Waals surface area contributed by atoms with Crippen LogP contribution in [0.4, 0.5) is 4.79 Å². The SMILES string of the molecule is CCOc1ccc(CCNC(=O)N/C=C/C(C)(C)C)cc1OCC. The molecule has 0 aromatic heterocycles. The highest BCUT2D eigenvalue weighted by Gasteiger charge is 2.07. The van der Waals surface area contributed by atoms with E-state index in [1.807, 2.05) is 38.1 Å². The number of rotatable bonds is 8. The van der Waals surface area contributed by atoms with E-state index >= 15 is 0 Å². The molecule has 5 heteroatoms. The van der Waals surface area contributed by atoms with E-state index in [4.69, 9.17) is 9.47 Å². The summed E-state index contributed by atoms with van der Waals surface area (Å²) < 4.78 is 11.2. The van der Waals surface area contributed by atoms with Crippen LogP contribution in [-0.2, 0) is 6.42 Å². The van der Waals surface area contributed by atoms with Gasteiger partial charge in [0.25, 0.3) is 0 Å². The zero-order valence-corrected chi connectivity index (χ0v) is 15.4. The maximum absolute atomic E-state index is 11.7. The van der Waals surface area contributed by atoms with Crippen molar-refractivity contribution in [3.63, 3.8) is 0 Å². The number of carbonyl (C=O) groups excluding carboxylic acids is 1. The molecule has 2 amide bonds. The van der Waals surface area contributed by atoms with Crippen LogP contribution >= 0.6 is 0 Å². The van der Waals surface area contributed by atoms with Crippen molar-refractivity contribution < 1.29 is 14.3 Å². The van der Waals surface area contributed by atoms with Gasteiger partial charge in [-0.2, -0.15) is 0 Å². The molecular formula is C19H30N2O3. The van der Waals surface area contributed by atoms with Crippen molar-refractivity contribution in [1.29, 1.82) is 0 Å². The van der Waals surface area contributed by atoms with Gasteiger partial charge in [-0.15, -0.1) is 0 Å². The maximum atomic E-state index is 11.7. The van der Waals surface area contributed by atoms with Crippen molar-refractivity contribution in [3.8, 4) is 11.5 Å². The standard InChI is InChI=1S/C19H30N2O3/c1-6-23-16-9-8-15(14-17(16)24-7-2)10-12-20-18(22)21-13-11-19(3,4)5/h8-9,11,13-14H,6-7,10,12H2,1-5H3,(H2,20,21,22)/b13-11+. The first-order valence-corrected chi connectivity index (χ1v) is 8.46. The molecule has 1 aromatic carbocycles. The summed E-state index contributed by atoms with van der Waals surface area (Å²) in [4.78, 5) is 11.7. The number of ether oxygens (including phenoxy) is 2. The van der Waals surface area contributed by atoms with E-state index < -0.39 is 0 Å². The van der Waals surface area contributed by atoms with Crippen LogP contribution in [0.1, 0.15) is 40.2 Å². The van der Waals surface area contributed by atoms with E-state index in [-0.39, 0.29) is 11.4 Å². The van der Waals surface area contributed by atoms with Gasteiger partial charge in [-0.1, -0.05) is 32.9 Å². The zero-order chi connectivity index (χ0) is 18.0. The van der Waals surface area contributed by atoms with Gasteiger partial charge in [0.05, 0.1) is 13.2 Å². The molecule has 0 spiro atoms. The third kappa shape index (κ3) is 7.90. The minimum atomic E-state index is -0.202. The summed E-state index contributed by atoms with van der Waals surface area (Å²) in [6.45, 7) is 11.9. The van der Waals surface area contributed by atoms with Gasteiger partial charge in [0.1, 0.15) is 0 Å². The fourth-order valence-electron chi connectivity index (χ4n) is 1.99. The Morgan fingerprint density at radius 2 is 1.79 bits per heavy atom. The third-order valence-electron chi connectivity index (χ3n) is 3.10. The van der Waals surface area contributed by atoms with Crippen LogP contribution in [0, 0.1) is 5.41 Å². The number of amides is 2. The largest absolute Gasteiger partial charge is 0.490 e. The van der Waals surface area contributed by atoms with Crippen LogP contribution in [0.15, 0.2) is 30.5 Å². The fraction of sp³-hybridized carbons (Fsp3) is 0.526. The Bertz CT molecular complexity index is 548. The van der Waals surface area contributed by atoms with E-state index in [2.05, 4.69) is 31.4 Å². The van der Waals surface area contributed by atoms with Crippen LogP contribution in [0.2, 0.25) is 0 Å². The Morgan fingerprint density at radius 3 is 2.42 bits per heavy atom. The first-order chi connectivity index (χ1) is 11.4. The van der Waals surface area contributed by atoms with Crippen LogP contribution in [0.25, 0.3) is 0 Å². The minimum Gasteiger partial charge on any atom is -0.490 e. The predicted octanol–water partition coefficient (Wildman–Crippen LogP) is 3.89. The highest BCUT2D eigenvalue weighted by molar-refractivity contribution is 5.74. The molecule has 134 valence electrons. The van der Waals surface area contributed by atoms with E-state index in [1.54, 1.807) is 6.20 Å². The van der Waals surface area contributed by atoms with Gasteiger partial charge in [0, 0.05) is 12.7 Å². The summed E-state index contributed by atoms with van der Waals surface area (Å²) in [5, 5.41) is 5.54. The first kappa shape index (κ1) is 19.9. The number of carbonyl (C=O) groups is 1. The minimum absolute atomic E-state index is 0.0469. The first-order valence-electron chi connectivity index (χ1n) is 8.46. The second kappa shape index (κ2) is 9.85. The van der Waals surface area contributed by atoms with Crippen molar-refractivity contribution in [3.05, 3.63) is 36.0 Å². The molecule has 0 saturated carbocycles. The molecule has 0 heterocycles. The van der Waals surface area contributed by atoms with Crippen molar-refractivity contribution in [2.45, 2.75) is 41.0 Å². The molecule has 24 heavy (non-hydrogen) atoms. The summed E-state index contributed by atoms with van der Waals surface area (Å²) in [5.41, 5.74) is 1.14. The molecule has 5 nitrogen and oxygen atoms in total. The van der Waals surface area contributed by atoms with Gasteiger partial charge >= 0.3 is 6.03 Å². The molecule has 0 fully saturated rings. The van der Waals surface area contributed by atoms with Gasteiger partial charge in [-0.05, 0) is 43.4 Å². The molecule has 0 aliphatic carbocycles. The molecular weight excluding hydrogens is 304 g/mol. The van der Waals surface area contributed by atoms with Gasteiger partial charge in [0.15, 0.2) is 11.5 Å². The monoisotopic (exact) mass is 334 g/mol. The van der Waals surface area contributed by atoms with Crippen molar-refractivity contribution in [2.24, 2.45) is 5.41 Å². The second-order valence-electron chi connectivity index (χ2n) is 6.50. The Kier molecular flexibility index (Phi) is 8.16. The quantitative estimate of drug-likeness (QED) is 0.758. The summed E-state index contributed by atoms with van der Waals surface area (Å²) in [6, 6.07) is 5.67. The number of allylic oxidation sites excluding steroid dienone is 1. The summed E-state index contributed by atoms with van der Waals surface area (Å²) in [5.74, 6) is 1.50. The lowest BCUT2D eigenvalue weighted by Gasteiger charge is -2.13. The van der Waals surface area contributed by atoms with Gasteiger partial charge < -0.3 is 20.1 Å². The van der Waals surface area contributed by atoms with E-state index in [9.17, 15) is 4.79 Å². The highest BCUT2D eigenvalue weighted by Crippen LogP contribution is 2.28. The topological polar surface area (TPSA) is 59.6 Å². The lowest BCUT2D eigenvalue weighted by molar-refractivity contribution is 0.244. The van der Waals surface area contributed by atoms with Crippen LogP contribution < -0.4 is 20.1 Å². The smallest absolute Gasteiger partial charge is 0.318 e. The van der Waals surface area contributed by atoms with Crippen molar-refractivity contribution in [2.75, 3.05) is 19.8 Å². The highest BCUT2D eigenvalue weighted by atomic mass is 16.5. The number of nitrogens with one attached hydrogen (secondary N) is 2. The number of benzene rings is 1. The molecule has 0 aliphatic heterocycles. The summed E-state index contributed by atoms with van der Waals surface area (Å²) in [6.07, 6.45) is 4.36. The number of hydrogen-bond donors (Lipinski definition) is 2. The normalized spacial score (nSPS) is 11.4. The Hall–Kier alpha value is -2.17. The van der Waals surface area contributed by atoms with Gasteiger partial charge in [-0.25, -0.2) is 4.79 Å². The zero-order valence-electron chi connectivity index (χ0n) is 15.4. The number of urea groups is 1. The van der Waals surface area contributed by atoms with Crippen LogP contribution in [0.5, 0.6) is 11.5 Å². The second-order valence-corrected chi connectivity index (χ2v) is 6.50. The molecule has 0 atom stereocenters. The van der Waals surface area contributed by atoms with Crippen LogP contribution in [-0.4, -0.2) is 25.8 Å². The maximum Gasteiger partial charge on any atom is 0.318 e. The van der Waals surface area contributed by atoms with E-state index in [0.717, 1.165) is 23.5 Å². The van der Waals surface area contributed by atoms with Crippen molar-refractivity contribution in [1.82, 2.24) is 10.6 Å². The number of hydrogen-bond acceptors (Lipinski definition) is 3. The van der Waals surface area contributed by atoms with Gasteiger partial charge in [0.2, 0.25) is 0 Å². The predicted molar refractivity (Wildman–Crippen MR) is 97.6 cm³/mol. The fourth-order valence-corrected chi connectivity index (χ4v) is 1.99. The molecule has 0 saturated heterocycles. The van der Waals surface area contributed by atoms with E-state index in [1.165, 1.54) is 0 Å². The molecule has 1 rings (SSSR count). The van der Waals surface area contributed by atoms with Crippen molar-refractivity contribution >= 4 is 6.03 Å². The Labute approximate surface area is 145 Å². The van der Waals surface area contributed by atoms with E-state index in [0.29, 0.717) is 19.8 Å². The molecule has 0 radical (unpaired) electrons. The lowest BCUT2D eigenvalue weighted by Crippen LogP contribution is -2.33. The average Bonchev–Trinajstić information content (AvgIpc) is 2.49. The molecule has 1 aromatic rings. The lowest BCUT2D eigenvalue weighted by atomic mass is 9.97. The Morgan fingerprint density at radius 1 is 1.12 bits per heavy atom.